The summed E-state index contributed by atoms with van der Waals surface area (Å²) in [7, 11) is 0. The Kier molecular flexibility index (Phi) is 4.09. The Morgan fingerprint density at radius 1 is 1.30 bits per heavy atom. The smallest absolute Gasteiger partial charge is 0.306 e. The van der Waals surface area contributed by atoms with Gasteiger partial charge in [-0.2, -0.15) is 0 Å². The summed E-state index contributed by atoms with van der Waals surface area (Å²) in [5, 5.41) is 0.493. The van der Waals surface area contributed by atoms with Gasteiger partial charge in [0, 0.05) is 6.42 Å². The van der Waals surface area contributed by atoms with E-state index >= 15 is 0 Å². The molecule has 2 aromatic rings. The van der Waals surface area contributed by atoms with Gasteiger partial charge in [0.15, 0.2) is 6.61 Å². The fourth-order valence-corrected chi connectivity index (χ4v) is 1.70. The summed E-state index contributed by atoms with van der Waals surface area (Å²) in [5.41, 5.74) is 5.17. The number of rotatable bonds is 5. The summed E-state index contributed by atoms with van der Waals surface area (Å²) in [4.78, 5) is 40.4. The molecule has 0 radical (unpaired) electrons. The number of fused-ring (bicyclic) bond motifs is 1. The van der Waals surface area contributed by atoms with Crippen molar-refractivity contribution in [2.45, 2.75) is 12.8 Å². The first-order valence-electron chi connectivity index (χ1n) is 5.98. The Hall–Kier alpha value is -2.70. The summed E-state index contributed by atoms with van der Waals surface area (Å²) in [6, 6.07) is 6.92. The van der Waals surface area contributed by atoms with Gasteiger partial charge in [0.25, 0.3) is 11.5 Å². The van der Waals surface area contributed by atoms with Crippen LogP contribution in [0, 0.1) is 0 Å². The van der Waals surface area contributed by atoms with Crippen LogP contribution in [0.1, 0.15) is 12.2 Å². The highest BCUT2D eigenvalue weighted by molar-refractivity contribution is 5.79. The highest BCUT2D eigenvalue weighted by Crippen LogP contribution is 2.06. The molecule has 1 aromatic carbocycles. The Morgan fingerprint density at radius 3 is 2.80 bits per heavy atom. The van der Waals surface area contributed by atoms with Crippen LogP contribution in [0.4, 0.5) is 0 Å². The van der Waals surface area contributed by atoms with Crippen molar-refractivity contribution in [2.75, 3.05) is 6.61 Å². The Balaban J connectivity index is 2.05. The third kappa shape index (κ3) is 3.41. The van der Waals surface area contributed by atoms with E-state index in [4.69, 9.17) is 5.73 Å². The van der Waals surface area contributed by atoms with E-state index in [0.29, 0.717) is 16.7 Å². The largest absolute Gasteiger partial charge is 0.456 e. The maximum absolute atomic E-state index is 11.8. The number of benzene rings is 1. The van der Waals surface area contributed by atoms with Gasteiger partial charge in [0.2, 0.25) is 0 Å². The zero-order valence-corrected chi connectivity index (χ0v) is 10.6. The van der Waals surface area contributed by atoms with Crippen LogP contribution in [-0.4, -0.2) is 28.5 Å². The number of aryl methyl sites for hydroxylation is 1. The topological polar surface area (TPSA) is 115 Å². The van der Waals surface area contributed by atoms with E-state index in [9.17, 15) is 14.4 Å². The lowest BCUT2D eigenvalue weighted by molar-refractivity contribution is -0.147. The Bertz CT molecular complexity index is 708. The molecule has 1 heterocycles. The molecule has 0 fully saturated rings. The van der Waals surface area contributed by atoms with E-state index in [-0.39, 0.29) is 18.4 Å². The van der Waals surface area contributed by atoms with Crippen molar-refractivity contribution >= 4 is 22.8 Å². The molecule has 1 amide bonds. The molecule has 0 unspecified atom stereocenters. The quantitative estimate of drug-likeness (QED) is 0.738. The molecular weight excluding hydrogens is 262 g/mol. The number of aromatic nitrogens is 2. The number of carbonyl (C=O) groups excluding carboxylic acids is 2. The van der Waals surface area contributed by atoms with Gasteiger partial charge in [-0.15, -0.1) is 0 Å². The SMILES string of the molecule is NC(=O)COC(=O)CCc1nc2ccccc2c(=O)[nH]1. The lowest BCUT2D eigenvalue weighted by Crippen LogP contribution is -2.21. The third-order valence-electron chi connectivity index (χ3n) is 2.60. The van der Waals surface area contributed by atoms with Crippen molar-refractivity contribution in [3.8, 4) is 0 Å². The summed E-state index contributed by atoms with van der Waals surface area (Å²) in [6.45, 7) is -0.444. The molecule has 0 saturated heterocycles. The van der Waals surface area contributed by atoms with Crippen LogP contribution in [0.5, 0.6) is 0 Å². The number of nitrogens with two attached hydrogens (primary N) is 1. The van der Waals surface area contributed by atoms with E-state index in [1.165, 1.54) is 0 Å². The Morgan fingerprint density at radius 2 is 2.05 bits per heavy atom. The van der Waals surface area contributed by atoms with Crippen molar-refractivity contribution < 1.29 is 14.3 Å². The molecule has 0 aliphatic heterocycles. The van der Waals surface area contributed by atoms with Gasteiger partial charge in [-0.25, -0.2) is 4.98 Å². The predicted octanol–water partition coefficient (Wildman–Crippen LogP) is -0.116. The summed E-state index contributed by atoms with van der Waals surface area (Å²) < 4.78 is 4.61. The van der Waals surface area contributed by atoms with Crippen LogP contribution in [0.25, 0.3) is 10.9 Å². The first-order valence-corrected chi connectivity index (χ1v) is 5.98. The fraction of sp³-hybridized carbons (Fsp3) is 0.231. The first kappa shape index (κ1) is 13.7. The summed E-state index contributed by atoms with van der Waals surface area (Å²) in [6.07, 6.45) is 0.228. The second-order valence-electron chi connectivity index (χ2n) is 4.16. The first-order chi connectivity index (χ1) is 9.56. The molecule has 20 heavy (non-hydrogen) atoms. The molecule has 0 saturated carbocycles. The number of nitrogens with one attached hydrogen (secondary N) is 1. The van der Waals surface area contributed by atoms with Gasteiger partial charge in [-0.3, -0.25) is 14.4 Å². The molecule has 0 atom stereocenters. The molecule has 0 aliphatic rings. The number of hydrogen-bond donors (Lipinski definition) is 2. The summed E-state index contributed by atoms with van der Waals surface area (Å²) in [5.74, 6) is -0.889. The highest BCUT2D eigenvalue weighted by Gasteiger charge is 2.08. The zero-order valence-electron chi connectivity index (χ0n) is 10.6. The zero-order chi connectivity index (χ0) is 14.5. The molecule has 104 valence electrons. The predicted molar refractivity (Wildman–Crippen MR) is 70.8 cm³/mol. The van der Waals surface area contributed by atoms with Crippen molar-refractivity contribution in [3.63, 3.8) is 0 Å². The van der Waals surface area contributed by atoms with Gasteiger partial charge in [0.1, 0.15) is 5.82 Å². The molecule has 7 heteroatoms. The van der Waals surface area contributed by atoms with E-state index in [2.05, 4.69) is 14.7 Å². The number of H-pyrrole nitrogens is 1. The molecule has 0 spiro atoms. The van der Waals surface area contributed by atoms with Crippen molar-refractivity contribution in [3.05, 3.63) is 40.4 Å². The second kappa shape index (κ2) is 5.96. The van der Waals surface area contributed by atoms with Crippen molar-refractivity contribution in [1.29, 1.82) is 0 Å². The van der Waals surface area contributed by atoms with E-state index in [1.54, 1.807) is 24.3 Å². The number of nitrogens with zero attached hydrogens (tertiary/aromatic N) is 1. The third-order valence-corrected chi connectivity index (χ3v) is 2.60. The monoisotopic (exact) mass is 275 g/mol. The maximum Gasteiger partial charge on any atom is 0.306 e. The number of para-hydroxylation sites is 1. The number of esters is 1. The van der Waals surface area contributed by atoms with Crippen molar-refractivity contribution in [1.82, 2.24) is 9.97 Å². The van der Waals surface area contributed by atoms with Gasteiger partial charge in [-0.05, 0) is 12.1 Å². The van der Waals surface area contributed by atoms with Gasteiger partial charge >= 0.3 is 5.97 Å². The van der Waals surface area contributed by atoms with Gasteiger partial charge < -0.3 is 15.5 Å². The molecule has 1 aromatic heterocycles. The number of amides is 1. The number of hydrogen-bond acceptors (Lipinski definition) is 5. The van der Waals surface area contributed by atoms with Crippen LogP contribution in [0.15, 0.2) is 29.1 Å². The van der Waals surface area contributed by atoms with Crippen LogP contribution < -0.4 is 11.3 Å². The Labute approximate surface area is 113 Å². The summed E-state index contributed by atoms with van der Waals surface area (Å²) >= 11 is 0. The number of primary amides is 1. The van der Waals surface area contributed by atoms with Crippen molar-refractivity contribution in [2.24, 2.45) is 5.73 Å². The van der Waals surface area contributed by atoms with E-state index < -0.39 is 18.5 Å². The normalized spacial score (nSPS) is 10.4. The second-order valence-corrected chi connectivity index (χ2v) is 4.16. The van der Waals surface area contributed by atoms with Gasteiger partial charge in [-0.1, -0.05) is 12.1 Å². The number of carbonyl (C=O) groups is 2. The molecule has 0 aliphatic carbocycles. The van der Waals surface area contributed by atoms with Gasteiger partial charge in [0.05, 0.1) is 17.3 Å². The number of ether oxygens (including phenoxy) is 1. The lowest BCUT2D eigenvalue weighted by atomic mass is 10.2. The van der Waals surface area contributed by atoms with Crippen LogP contribution in [0.3, 0.4) is 0 Å². The van der Waals surface area contributed by atoms with E-state index in [1.807, 2.05) is 0 Å². The highest BCUT2D eigenvalue weighted by atomic mass is 16.5. The molecular formula is C13H13N3O4. The lowest BCUT2D eigenvalue weighted by Gasteiger charge is -2.03. The standard InChI is InChI=1S/C13H13N3O4/c14-10(17)7-20-12(18)6-5-11-15-9-4-2-1-3-8(9)13(19)16-11/h1-4H,5-7H2,(H2,14,17)(H,15,16,19). The van der Waals surface area contributed by atoms with Crippen LogP contribution >= 0.6 is 0 Å². The number of aromatic amines is 1. The minimum absolute atomic E-state index is 0.00849. The van der Waals surface area contributed by atoms with Crippen LogP contribution in [-0.2, 0) is 20.7 Å². The molecule has 2 rings (SSSR count). The molecule has 7 nitrogen and oxygen atoms in total. The average molecular weight is 275 g/mol. The minimum atomic E-state index is -0.712. The fourth-order valence-electron chi connectivity index (χ4n) is 1.70. The molecule has 0 bridgehead atoms. The average Bonchev–Trinajstić information content (AvgIpc) is 2.43. The van der Waals surface area contributed by atoms with Crippen LogP contribution in [0.2, 0.25) is 0 Å². The molecule has 3 N–H and O–H groups in total. The van der Waals surface area contributed by atoms with E-state index in [0.717, 1.165) is 0 Å². The minimum Gasteiger partial charge on any atom is -0.456 e. The maximum atomic E-state index is 11.8.